The first kappa shape index (κ1) is 21.8. The number of aromatic nitrogens is 2. The van der Waals surface area contributed by atoms with Crippen LogP contribution in [0.1, 0.15) is 52.3 Å². The fourth-order valence-corrected chi connectivity index (χ4v) is 3.81. The largest absolute Gasteiger partial charge is 0.493 e. The summed E-state index contributed by atoms with van der Waals surface area (Å²) in [4.78, 5) is 21.9. The van der Waals surface area contributed by atoms with Crippen molar-refractivity contribution in [1.29, 1.82) is 0 Å². The number of hydrogen-bond acceptors (Lipinski definition) is 6. The molecule has 30 heavy (non-hydrogen) atoms. The van der Waals surface area contributed by atoms with Gasteiger partial charge >= 0.3 is 0 Å². The molecule has 0 spiro atoms. The zero-order valence-electron chi connectivity index (χ0n) is 18.0. The van der Waals surface area contributed by atoms with E-state index in [4.69, 9.17) is 9.47 Å². The van der Waals surface area contributed by atoms with Gasteiger partial charge in [0, 0.05) is 24.4 Å². The van der Waals surface area contributed by atoms with Crippen molar-refractivity contribution in [3.05, 3.63) is 69.4 Å². The Morgan fingerprint density at radius 3 is 2.47 bits per heavy atom. The van der Waals surface area contributed by atoms with Gasteiger partial charge in [0.1, 0.15) is 11.5 Å². The van der Waals surface area contributed by atoms with Crippen LogP contribution in [0.3, 0.4) is 0 Å². The van der Waals surface area contributed by atoms with Gasteiger partial charge in [-0.25, -0.2) is 4.98 Å². The summed E-state index contributed by atoms with van der Waals surface area (Å²) in [6.07, 6.45) is 3.47. The molecular weight excluding hydrogens is 398 g/mol. The normalized spacial score (nSPS) is 11.2. The number of pyridine rings is 1. The van der Waals surface area contributed by atoms with Gasteiger partial charge in [0.2, 0.25) is 0 Å². The fourth-order valence-electron chi connectivity index (χ4n) is 2.77. The van der Waals surface area contributed by atoms with Crippen LogP contribution in [0, 0.1) is 6.92 Å². The third-order valence-electron chi connectivity index (χ3n) is 4.47. The molecule has 0 unspecified atom stereocenters. The standard InChI is InChI=1S/C23H27N3O3S/c1-15-20(30-22(26-15)23(2,3)4)21(27)25-13-17-6-7-18(19(12-17)28-5)29-14-16-8-10-24-11-9-16/h6-12H,13-14H2,1-5H3,(H,25,27). The number of nitrogens with one attached hydrogen (secondary N) is 1. The van der Waals surface area contributed by atoms with E-state index in [0.29, 0.717) is 29.5 Å². The van der Waals surface area contributed by atoms with E-state index in [0.717, 1.165) is 21.8 Å². The Morgan fingerprint density at radius 1 is 1.10 bits per heavy atom. The van der Waals surface area contributed by atoms with Gasteiger partial charge in [0.25, 0.3) is 5.91 Å². The van der Waals surface area contributed by atoms with E-state index in [-0.39, 0.29) is 11.3 Å². The number of rotatable bonds is 7. The van der Waals surface area contributed by atoms with Crippen molar-refractivity contribution in [3.8, 4) is 11.5 Å². The van der Waals surface area contributed by atoms with E-state index in [2.05, 4.69) is 36.1 Å². The van der Waals surface area contributed by atoms with E-state index < -0.39 is 0 Å². The Labute approximate surface area is 181 Å². The average molecular weight is 426 g/mol. The molecule has 0 fully saturated rings. The lowest BCUT2D eigenvalue weighted by Crippen LogP contribution is -2.22. The predicted octanol–water partition coefficient (Wildman–Crippen LogP) is 4.66. The molecule has 3 rings (SSSR count). The van der Waals surface area contributed by atoms with Gasteiger partial charge in [-0.15, -0.1) is 11.3 Å². The van der Waals surface area contributed by atoms with E-state index in [1.807, 2.05) is 37.3 Å². The number of carbonyl (C=O) groups is 1. The molecule has 0 radical (unpaired) electrons. The summed E-state index contributed by atoms with van der Waals surface area (Å²) in [6.45, 7) is 8.98. The first-order valence-corrected chi connectivity index (χ1v) is 10.5. The fraction of sp³-hybridized carbons (Fsp3) is 0.348. The molecule has 158 valence electrons. The summed E-state index contributed by atoms with van der Waals surface area (Å²) in [5.74, 6) is 1.16. The summed E-state index contributed by atoms with van der Waals surface area (Å²) in [5, 5.41) is 3.94. The van der Waals surface area contributed by atoms with Crippen LogP contribution >= 0.6 is 11.3 Å². The highest BCUT2D eigenvalue weighted by molar-refractivity contribution is 7.14. The Balaban J connectivity index is 1.64. The van der Waals surface area contributed by atoms with E-state index in [1.54, 1.807) is 19.5 Å². The maximum atomic E-state index is 12.7. The van der Waals surface area contributed by atoms with Gasteiger partial charge in [-0.2, -0.15) is 0 Å². The Hall–Kier alpha value is -2.93. The van der Waals surface area contributed by atoms with Crippen LogP contribution in [0.4, 0.5) is 0 Å². The average Bonchev–Trinajstić information content (AvgIpc) is 3.13. The summed E-state index contributed by atoms with van der Waals surface area (Å²) in [6, 6.07) is 9.47. The van der Waals surface area contributed by atoms with Crippen LogP contribution in [0.15, 0.2) is 42.7 Å². The van der Waals surface area contributed by atoms with Crippen LogP contribution in [-0.2, 0) is 18.6 Å². The summed E-state index contributed by atoms with van der Waals surface area (Å²) < 4.78 is 11.3. The molecule has 1 aromatic carbocycles. The van der Waals surface area contributed by atoms with E-state index in [1.165, 1.54) is 11.3 Å². The minimum atomic E-state index is -0.113. The molecule has 0 saturated carbocycles. The molecule has 0 aliphatic heterocycles. The molecule has 2 aromatic heterocycles. The molecule has 0 aliphatic carbocycles. The molecule has 7 heteroatoms. The monoisotopic (exact) mass is 425 g/mol. The molecule has 0 atom stereocenters. The second-order valence-electron chi connectivity index (χ2n) is 8.00. The SMILES string of the molecule is COc1cc(CNC(=O)c2sc(C(C)(C)C)nc2C)ccc1OCc1ccncc1. The van der Waals surface area contributed by atoms with Crippen LogP contribution < -0.4 is 14.8 Å². The van der Waals surface area contributed by atoms with Crippen molar-refractivity contribution in [2.75, 3.05) is 7.11 Å². The zero-order valence-corrected chi connectivity index (χ0v) is 18.8. The molecular formula is C23H27N3O3S. The highest BCUT2D eigenvalue weighted by Gasteiger charge is 2.23. The summed E-state index contributed by atoms with van der Waals surface area (Å²) in [5.41, 5.74) is 2.64. The molecule has 2 heterocycles. The number of benzene rings is 1. The highest BCUT2D eigenvalue weighted by Crippen LogP contribution is 2.30. The molecule has 1 N–H and O–H groups in total. The number of carbonyl (C=O) groups excluding carboxylic acids is 1. The van der Waals surface area contributed by atoms with Gasteiger partial charge < -0.3 is 14.8 Å². The smallest absolute Gasteiger partial charge is 0.263 e. The first-order valence-electron chi connectivity index (χ1n) is 9.72. The molecule has 0 bridgehead atoms. The maximum Gasteiger partial charge on any atom is 0.263 e. The number of aryl methyl sites for hydroxylation is 1. The molecule has 3 aromatic rings. The quantitative estimate of drug-likeness (QED) is 0.596. The molecule has 0 aliphatic rings. The predicted molar refractivity (Wildman–Crippen MR) is 118 cm³/mol. The minimum absolute atomic E-state index is 0.0760. The number of amides is 1. The number of methoxy groups -OCH3 is 1. The zero-order chi connectivity index (χ0) is 21.7. The van der Waals surface area contributed by atoms with Gasteiger partial charge in [0.15, 0.2) is 11.5 Å². The number of nitrogens with zero attached hydrogens (tertiary/aromatic N) is 2. The maximum absolute atomic E-state index is 12.7. The van der Waals surface area contributed by atoms with Gasteiger partial charge in [-0.05, 0) is 42.3 Å². The lowest BCUT2D eigenvalue weighted by atomic mass is 9.98. The van der Waals surface area contributed by atoms with Crippen molar-refractivity contribution in [2.24, 2.45) is 0 Å². The second kappa shape index (κ2) is 9.26. The van der Waals surface area contributed by atoms with Gasteiger partial charge in [0.05, 0.1) is 17.8 Å². The topological polar surface area (TPSA) is 73.3 Å². The molecule has 6 nitrogen and oxygen atoms in total. The van der Waals surface area contributed by atoms with Crippen LogP contribution in [-0.4, -0.2) is 23.0 Å². The second-order valence-corrected chi connectivity index (χ2v) is 8.99. The third-order valence-corrected chi connectivity index (χ3v) is 6.05. The Kier molecular flexibility index (Phi) is 6.72. The van der Waals surface area contributed by atoms with Crippen LogP contribution in [0.5, 0.6) is 11.5 Å². The Morgan fingerprint density at radius 2 is 1.83 bits per heavy atom. The number of thiazole rings is 1. The van der Waals surface area contributed by atoms with Crippen molar-refractivity contribution >= 4 is 17.2 Å². The Bertz CT molecular complexity index is 1010. The van der Waals surface area contributed by atoms with Gasteiger partial charge in [-0.1, -0.05) is 26.8 Å². The van der Waals surface area contributed by atoms with Crippen LogP contribution in [0.25, 0.3) is 0 Å². The van der Waals surface area contributed by atoms with Crippen molar-refractivity contribution < 1.29 is 14.3 Å². The number of ether oxygens (including phenoxy) is 2. The first-order chi connectivity index (χ1) is 14.3. The lowest BCUT2D eigenvalue weighted by Gasteiger charge is -2.13. The third kappa shape index (κ3) is 5.36. The van der Waals surface area contributed by atoms with E-state index in [9.17, 15) is 4.79 Å². The number of hydrogen-bond donors (Lipinski definition) is 1. The molecule has 1 amide bonds. The van der Waals surface area contributed by atoms with Gasteiger partial charge in [-0.3, -0.25) is 9.78 Å². The summed E-state index contributed by atoms with van der Waals surface area (Å²) >= 11 is 1.45. The van der Waals surface area contributed by atoms with Crippen molar-refractivity contribution in [1.82, 2.24) is 15.3 Å². The molecule has 0 saturated heterocycles. The van der Waals surface area contributed by atoms with Crippen molar-refractivity contribution in [3.63, 3.8) is 0 Å². The van der Waals surface area contributed by atoms with Crippen molar-refractivity contribution in [2.45, 2.75) is 46.3 Å². The summed E-state index contributed by atoms with van der Waals surface area (Å²) in [7, 11) is 1.60. The van der Waals surface area contributed by atoms with E-state index >= 15 is 0 Å². The highest BCUT2D eigenvalue weighted by atomic mass is 32.1. The lowest BCUT2D eigenvalue weighted by molar-refractivity contribution is 0.0954. The van der Waals surface area contributed by atoms with Crippen LogP contribution in [0.2, 0.25) is 0 Å². The minimum Gasteiger partial charge on any atom is -0.493 e.